The van der Waals surface area contributed by atoms with Crippen molar-refractivity contribution < 1.29 is 13.2 Å². The van der Waals surface area contributed by atoms with Crippen LogP contribution in [0.25, 0.3) is 5.65 Å². The second kappa shape index (κ2) is 2.70. The van der Waals surface area contributed by atoms with Crippen LogP contribution in [0.15, 0.2) is 18.2 Å². The van der Waals surface area contributed by atoms with E-state index in [0.717, 1.165) is 10.6 Å². The van der Waals surface area contributed by atoms with Gasteiger partial charge in [0.05, 0.1) is 0 Å². The summed E-state index contributed by atoms with van der Waals surface area (Å²) in [5, 5.41) is 3.67. The van der Waals surface area contributed by atoms with Crippen molar-refractivity contribution in [1.82, 2.24) is 14.6 Å². The van der Waals surface area contributed by atoms with E-state index in [9.17, 15) is 13.2 Å². The van der Waals surface area contributed by atoms with Gasteiger partial charge in [-0.2, -0.15) is 18.3 Å². The Bertz CT molecular complexity index is 472. The zero-order valence-electron chi connectivity index (χ0n) is 7.21. The van der Waals surface area contributed by atoms with Gasteiger partial charge in [0.1, 0.15) is 11.5 Å². The number of pyridine rings is 1. The molecule has 0 N–H and O–H groups in total. The fourth-order valence-corrected chi connectivity index (χ4v) is 1.23. The average Bonchev–Trinajstić information content (AvgIpc) is 2.41. The third-order valence-corrected chi connectivity index (χ3v) is 1.76. The Morgan fingerprint density at radius 2 is 2.00 bits per heavy atom. The van der Waals surface area contributed by atoms with E-state index in [2.05, 4.69) is 10.1 Å². The second-order valence-corrected chi connectivity index (χ2v) is 2.84. The molecule has 0 fully saturated rings. The maximum absolute atomic E-state index is 12.4. The first kappa shape index (κ1) is 8.98. The number of aryl methyl sites for hydroxylation is 1. The molecule has 0 aliphatic carbocycles. The highest BCUT2D eigenvalue weighted by Gasteiger charge is 2.34. The van der Waals surface area contributed by atoms with E-state index in [1.165, 1.54) is 12.1 Å². The number of hydrogen-bond donors (Lipinski definition) is 0. The molecule has 0 atom stereocenters. The summed E-state index contributed by atoms with van der Waals surface area (Å²) in [6.07, 6.45) is -4.40. The molecule has 2 heterocycles. The van der Waals surface area contributed by atoms with Gasteiger partial charge in [0, 0.05) is 0 Å². The zero-order valence-corrected chi connectivity index (χ0v) is 7.21. The van der Waals surface area contributed by atoms with Crippen molar-refractivity contribution in [3.8, 4) is 0 Å². The van der Waals surface area contributed by atoms with Crippen molar-refractivity contribution in [3.05, 3.63) is 29.7 Å². The number of aromatic nitrogens is 3. The monoisotopic (exact) mass is 201 g/mol. The molecular formula is C8H6F3N3. The molecular weight excluding hydrogens is 195 g/mol. The van der Waals surface area contributed by atoms with Gasteiger partial charge in [-0.25, -0.2) is 9.50 Å². The van der Waals surface area contributed by atoms with Crippen LogP contribution in [0.1, 0.15) is 11.5 Å². The Morgan fingerprint density at radius 1 is 1.29 bits per heavy atom. The second-order valence-electron chi connectivity index (χ2n) is 2.84. The molecule has 0 aromatic carbocycles. The standard InChI is InChI=1S/C8H6F3N3/c1-5-12-7-4-2-3-6(8(9,10)11)14(7)13-5/h2-4H,1H3. The van der Waals surface area contributed by atoms with Crippen LogP contribution in [0.2, 0.25) is 0 Å². The van der Waals surface area contributed by atoms with E-state index >= 15 is 0 Å². The Morgan fingerprint density at radius 3 is 2.64 bits per heavy atom. The van der Waals surface area contributed by atoms with Crippen LogP contribution in [0.5, 0.6) is 0 Å². The molecule has 2 aromatic rings. The van der Waals surface area contributed by atoms with Gasteiger partial charge in [-0.3, -0.25) is 0 Å². The molecule has 0 saturated heterocycles. The van der Waals surface area contributed by atoms with E-state index in [4.69, 9.17) is 0 Å². The number of rotatable bonds is 0. The fraction of sp³-hybridized carbons (Fsp3) is 0.250. The summed E-state index contributed by atoms with van der Waals surface area (Å²) in [5.74, 6) is 0.321. The number of hydrogen-bond acceptors (Lipinski definition) is 2. The smallest absolute Gasteiger partial charge is 0.212 e. The minimum atomic E-state index is -4.40. The van der Waals surface area contributed by atoms with Gasteiger partial charge in [-0.15, -0.1) is 0 Å². The molecule has 0 bridgehead atoms. The SMILES string of the molecule is Cc1nc2cccc(C(F)(F)F)n2n1. The number of halogens is 3. The molecule has 0 aliphatic rings. The Hall–Kier alpha value is -1.59. The molecule has 0 aliphatic heterocycles. The highest BCUT2D eigenvalue weighted by atomic mass is 19.4. The van der Waals surface area contributed by atoms with Crippen LogP contribution in [0, 0.1) is 6.92 Å². The third kappa shape index (κ3) is 1.32. The average molecular weight is 201 g/mol. The van der Waals surface area contributed by atoms with E-state index in [-0.39, 0.29) is 5.65 Å². The Kier molecular flexibility index (Phi) is 1.73. The quantitative estimate of drug-likeness (QED) is 0.653. The van der Waals surface area contributed by atoms with E-state index in [1.54, 1.807) is 6.92 Å². The van der Waals surface area contributed by atoms with Crippen molar-refractivity contribution in [3.63, 3.8) is 0 Å². The van der Waals surface area contributed by atoms with Gasteiger partial charge >= 0.3 is 6.18 Å². The summed E-state index contributed by atoms with van der Waals surface area (Å²) < 4.78 is 38.1. The lowest BCUT2D eigenvalue weighted by molar-refractivity contribution is -0.142. The van der Waals surface area contributed by atoms with Crippen LogP contribution >= 0.6 is 0 Å². The zero-order chi connectivity index (χ0) is 10.3. The summed E-state index contributed by atoms with van der Waals surface area (Å²) in [6.45, 7) is 1.55. The molecule has 2 rings (SSSR count). The molecule has 0 radical (unpaired) electrons. The maximum Gasteiger partial charge on any atom is 0.433 e. The Balaban J connectivity index is 2.77. The largest absolute Gasteiger partial charge is 0.433 e. The van der Waals surface area contributed by atoms with Gasteiger partial charge in [0.15, 0.2) is 5.65 Å². The topological polar surface area (TPSA) is 30.2 Å². The van der Waals surface area contributed by atoms with Crippen LogP contribution < -0.4 is 0 Å². The number of alkyl halides is 3. The summed E-state index contributed by atoms with van der Waals surface area (Å²) in [4.78, 5) is 3.84. The molecule has 74 valence electrons. The van der Waals surface area contributed by atoms with Crippen molar-refractivity contribution in [1.29, 1.82) is 0 Å². The van der Waals surface area contributed by atoms with Gasteiger partial charge in [-0.05, 0) is 19.1 Å². The van der Waals surface area contributed by atoms with Crippen molar-refractivity contribution in [2.24, 2.45) is 0 Å². The van der Waals surface area contributed by atoms with Crippen LogP contribution in [0.4, 0.5) is 13.2 Å². The van der Waals surface area contributed by atoms with E-state index in [1.807, 2.05) is 0 Å². The number of nitrogens with zero attached hydrogens (tertiary/aromatic N) is 3. The first-order valence-corrected chi connectivity index (χ1v) is 3.88. The predicted octanol–water partition coefficient (Wildman–Crippen LogP) is 2.06. The first-order valence-electron chi connectivity index (χ1n) is 3.88. The minimum Gasteiger partial charge on any atom is -0.212 e. The van der Waals surface area contributed by atoms with E-state index < -0.39 is 11.9 Å². The van der Waals surface area contributed by atoms with Crippen molar-refractivity contribution >= 4 is 5.65 Å². The third-order valence-electron chi connectivity index (χ3n) is 1.76. The van der Waals surface area contributed by atoms with Crippen LogP contribution in [-0.2, 0) is 6.18 Å². The fourth-order valence-electron chi connectivity index (χ4n) is 1.23. The van der Waals surface area contributed by atoms with Crippen molar-refractivity contribution in [2.45, 2.75) is 13.1 Å². The lowest BCUT2D eigenvalue weighted by atomic mass is 10.3. The predicted molar refractivity (Wildman–Crippen MR) is 42.7 cm³/mol. The van der Waals surface area contributed by atoms with Crippen LogP contribution in [0.3, 0.4) is 0 Å². The Labute approximate surface area is 77.2 Å². The van der Waals surface area contributed by atoms with Gasteiger partial charge in [0.2, 0.25) is 0 Å². The molecule has 0 spiro atoms. The molecule has 14 heavy (non-hydrogen) atoms. The molecule has 3 nitrogen and oxygen atoms in total. The first-order chi connectivity index (χ1) is 6.48. The number of fused-ring (bicyclic) bond motifs is 1. The summed E-state index contributed by atoms with van der Waals surface area (Å²) >= 11 is 0. The van der Waals surface area contributed by atoms with Gasteiger partial charge in [0.25, 0.3) is 0 Å². The minimum absolute atomic E-state index is 0.206. The summed E-state index contributed by atoms with van der Waals surface area (Å²) in [6, 6.07) is 3.77. The van der Waals surface area contributed by atoms with Gasteiger partial charge < -0.3 is 0 Å². The molecule has 0 amide bonds. The lowest BCUT2D eigenvalue weighted by Gasteiger charge is -2.06. The van der Waals surface area contributed by atoms with E-state index in [0.29, 0.717) is 5.82 Å². The molecule has 0 saturated carbocycles. The maximum atomic E-state index is 12.4. The highest BCUT2D eigenvalue weighted by Crippen LogP contribution is 2.28. The molecule has 6 heteroatoms. The summed E-state index contributed by atoms with van der Waals surface area (Å²) in [7, 11) is 0. The normalized spacial score (nSPS) is 12.3. The molecule has 2 aromatic heterocycles. The lowest BCUT2D eigenvalue weighted by Crippen LogP contribution is -2.11. The van der Waals surface area contributed by atoms with Crippen molar-refractivity contribution in [2.75, 3.05) is 0 Å². The summed E-state index contributed by atoms with van der Waals surface area (Å²) in [5.41, 5.74) is -0.604. The highest BCUT2D eigenvalue weighted by molar-refractivity contribution is 5.39. The van der Waals surface area contributed by atoms with Crippen LogP contribution in [-0.4, -0.2) is 14.6 Å². The molecule has 0 unspecified atom stereocenters. The van der Waals surface area contributed by atoms with Gasteiger partial charge in [-0.1, -0.05) is 6.07 Å².